The highest BCUT2D eigenvalue weighted by molar-refractivity contribution is 7.91. The Labute approximate surface area is 192 Å². The normalized spacial score (nSPS) is 13.3. The molecule has 1 aliphatic rings. The van der Waals surface area contributed by atoms with Crippen LogP contribution in [-0.4, -0.2) is 30.0 Å². The summed E-state index contributed by atoms with van der Waals surface area (Å²) in [5.74, 6) is -0.140. The smallest absolute Gasteiger partial charge is 0.227 e. The molecule has 0 saturated heterocycles. The minimum atomic E-state index is -3.31. The van der Waals surface area contributed by atoms with Crippen molar-refractivity contribution < 1.29 is 17.6 Å². The van der Waals surface area contributed by atoms with Gasteiger partial charge >= 0.3 is 0 Å². The molecule has 0 radical (unpaired) electrons. The number of carbonyl (C=O) groups is 1. The maximum Gasteiger partial charge on any atom is 0.227 e. The molecule has 0 spiro atoms. The molecule has 0 saturated carbocycles. The number of halogens is 1. The molecule has 0 aliphatic carbocycles. The van der Waals surface area contributed by atoms with E-state index in [4.69, 9.17) is 0 Å². The number of rotatable bonds is 8. The molecule has 2 heterocycles. The molecule has 1 aliphatic heterocycles. The molecule has 172 valence electrons. The Morgan fingerprint density at radius 1 is 1.12 bits per heavy atom. The minimum absolute atomic E-state index is 0.00298. The highest BCUT2D eigenvalue weighted by atomic mass is 32.2. The van der Waals surface area contributed by atoms with Crippen molar-refractivity contribution in [3.05, 3.63) is 71.3 Å². The summed E-state index contributed by atoms with van der Waals surface area (Å²) < 4.78 is 39.0. The van der Waals surface area contributed by atoms with E-state index in [-0.39, 0.29) is 28.2 Å². The Morgan fingerprint density at radius 3 is 2.79 bits per heavy atom. The number of benzene rings is 2. The van der Waals surface area contributed by atoms with E-state index in [1.807, 2.05) is 25.1 Å². The van der Waals surface area contributed by atoms with E-state index in [2.05, 4.69) is 20.6 Å². The fraction of sp³-hybridized carbons (Fsp3) is 0.292. The number of hydrogen-bond acceptors (Lipinski definition) is 6. The first-order valence-electron chi connectivity index (χ1n) is 10.9. The molecule has 0 bridgehead atoms. The zero-order valence-corrected chi connectivity index (χ0v) is 19.1. The van der Waals surface area contributed by atoms with Gasteiger partial charge < -0.3 is 10.6 Å². The van der Waals surface area contributed by atoms with Crippen LogP contribution in [0.4, 0.5) is 21.7 Å². The van der Waals surface area contributed by atoms with Crippen LogP contribution < -0.4 is 10.6 Å². The number of sulfone groups is 1. The monoisotopic (exact) mass is 468 g/mol. The zero-order chi connectivity index (χ0) is 23.4. The van der Waals surface area contributed by atoms with Gasteiger partial charge in [-0.1, -0.05) is 19.1 Å². The summed E-state index contributed by atoms with van der Waals surface area (Å²) in [7, 11) is -3.31. The van der Waals surface area contributed by atoms with Crippen LogP contribution in [-0.2, 0) is 33.9 Å². The van der Waals surface area contributed by atoms with E-state index in [9.17, 15) is 17.6 Å². The van der Waals surface area contributed by atoms with Crippen LogP contribution >= 0.6 is 0 Å². The average molecular weight is 469 g/mol. The van der Waals surface area contributed by atoms with Crippen molar-refractivity contribution in [1.29, 1.82) is 0 Å². The first-order valence-corrected chi connectivity index (χ1v) is 12.5. The lowest BCUT2D eigenvalue weighted by Crippen LogP contribution is -2.18. The molecule has 2 aromatic carbocycles. The van der Waals surface area contributed by atoms with Gasteiger partial charge in [-0.25, -0.2) is 22.8 Å². The summed E-state index contributed by atoms with van der Waals surface area (Å²) in [6, 6.07) is 12.3. The fourth-order valence-corrected chi connectivity index (χ4v) is 5.16. The minimum Gasteiger partial charge on any atom is -0.326 e. The summed E-state index contributed by atoms with van der Waals surface area (Å²) in [5, 5.41) is 5.93. The van der Waals surface area contributed by atoms with Gasteiger partial charge in [0.2, 0.25) is 11.9 Å². The molecule has 0 fully saturated rings. The molecule has 1 aromatic heterocycles. The topological polar surface area (TPSA) is 101 Å². The van der Waals surface area contributed by atoms with Crippen LogP contribution in [0.25, 0.3) is 0 Å². The Hall–Kier alpha value is -3.33. The molecule has 0 atom stereocenters. The third-order valence-electron chi connectivity index (χ3n) is 5.45. The third-order valence-corrected chi connectivity index (χ3v) is 7.37. The standard InChI is InChI=1S/C24H25FN4O3S/c1-2-12-33(31,32)19-5-3-4-16(13-19)6-9-22-20(25)15-26-24(29-22)27-18-8-10-21-17(14-18)7-11-23(30)28-21/h3-5,8,10,13-15H,2,6-7,9,11-12H2,1H3,(H,28,30)(H,26,27,29). The summed E-state index contributed by atoms with van der Waals surface area (Å²) in [4.78, 5) is 20.2. The van der Waals surface area contributed by atoms with Gasteiger partial charge in [0.25, 0.3) is 0 Å². The lowest BCUT2D eigenvalue weighted by molar-refractivity contribution is -0.116. The van der Waals surface area contributed by atoms with Crippen molar-refractivity contribution in [2.75, 3.05) is 16.4 Å². The Morgan fingerprint density at radius 2 is 1.97 bits per heavy atom. The largest absolute Gasteiger partial charge is 0.326 e. The number of aryl methyl sites for hydroxylation is 3. The SMILES string of the molecule is CCCS(=O)(=O)c1cccc(CCc2nc(Nc3ccc4c(c3)CCC(=O)N4)ncc2F)c1. The second kappa shape index (κ2) is 9.66. The summed E-state index contributed by atoms with van der Waals surface area (Å²) in [6.45, 7) is 1.83. The van der Waals surface area contributed by atoms with Crippen molar-refractivity contribution in [2.45, 2.75) is 43.9 Å². The van der Waals surface area contributed by atoms with E-state index in [1.54, 1.807) is 24.3 Å². The zero-order valence-electron chi connectivity index (χ0n) is 18.3. The Balaban J connectivity index is 1.47. The first-order chi connectivity index (χ1) is 15.8. The van der Waals surface area contributed by atoms with Gasteiger partial charge in [0.05, 0.1) is 22.5 Å². The highest BCUT2D eigenvalue weighted by Crippen LogP contribution is 2.27. The highest BCUT2D eigenvalue weighted by Gasteiger charge is 2.16. The van der Waals surface area contributed by atoms with E-state index in [0.29, 0.717) is 32.1 Å². The molecule has 33 heavy (non-hydrogen) atoms. The molecule has 9 heteroatoms. The maximum atomic E-state index is 14.4. The number of amides is 1. The molecule has 2 N–H and O–H groups in total. The summed E-state index contributed by atoms with van der Waals surface area (Å²) in [6.07, 6.45) is 3.52. The van der Waals surface area contributed by atoms with Crippen LogP contribution in [0.15, 0.2) is 53.6 Å². The fourth-order valence-electron chi connectivity index (χ4n) is 3.77. The van der Waals surface area contributed by atoms with Gasteiger partial charge in [-0.05, 0) is 67.1 Å². The number of nitrogens with zero attached hydrogens (tertiary/aromatic N) is 2. The predicted octanol–water partition coefficient (Wildman–Crippen LogP) is 4.21. The van der Waals surface area contributed by atoms with Crippen molar-refractivity contribution >= 4 is 33.1 Å². The number of hydrogen-bond donors (Lipinski definition) is 2. The summed E-state index contributed by atoms with van der Waals surface area (Å²) in [5.41, 5.74) is 3.60. The Kier molecular flexibility index (Phi) is 6.69. The van der Waals surface area contributed by atoms with Crippen molar-refractivity contribution in [2.24, 2.45) is 0 Å². The van der Waals surface area contributed by atoms with E-state index in [1.165, 1.54) is 0 Å². The van der Waals surface area contributed by atoms with Crippen LogP contribution in [0.1, 0.15) is 36.6 Å². The van der Waals surface area contributed by atoms with Gasteiger partial charge in [-0.2, -0.15) is 0 Å². The Bertz CT molecular complexity index is 1290. The molecule has 7 nitrogen and oxygen atoms in total. The quantitative estimate of drug-likeness (QED) is 0.514. The second-order valence-electron chi connectivity index (χ2n) is 8.00. The second-order valence-corrected chi connectivity index (χ2v) is 10.1. The van der Waals surface area contributed by atoms with Gasteiger partial charge in [-0.3, -0.25) is 4.79 Å². The summed E-state index contributed by atoms with van der Waals surface area (Å²) >= 11 is 0. The number of anilines is 3. The molecule has 3 aromatic rings. The van der Waals surface area contributed by atoms with Gasteiger partial charge in [-0.15, -0.1) is 0 Å². The van der Waals surface area contributed by atoms with Crippen molar-refractivity contribution in [3.8, 4) is 0 Å². The van der Waals surface area contributed by atoms with Crippen molar-refractivity contribution in [1.82, 2.24) is 9.97 Å². The van der Waals surface area contributed by atoms with Gasteiger partial charge in [0.1, 0.15) is 0 Å². The number of carbonyl (C=O) groups excluding carboxylic acids is 1. The van der Waals surface area contributed by atoms with E-state index in [0.717, 1.165) is 28.7 Å². The maximum absolute atomic E-state index is 14.4. The molecular weight excluding hydrogens is 443 g/mol. The van der Waals surface area contributed by atoms with Crippen molar-refractivity contribution in [3.63, 3.8) is 0 Å². The van der Waals surface area contributed by atoms with Gasteiger partial charge in [0.15, 0.2) is 15.7 Å². The third kappa shape index (κ3) is 5.54. The van der Waals surface area contributed by atoms with Crippen LogP contribution in [0.3, 0.4) is 0 Å². The van der Waals surface area contributed by atoms with Gasteiger partial charge in [0, 0.05) is 17.8 Å². The molecular formula is C24H25FN4O3S. The van der Waals surface area contributed by atoms with Crippen LogP contribution in [0.5, 0.6) is 0 Å². The van der Waals surface area contributed by atoms with E-state index < -0.39 is 15.7 Å². The van der Waals surface area contributed by atoms with Crippen LogP contribution in [0, 0.1) is 5.82 Å². The number of fused-ring (bicyclic) bond motifs is 1. The number of nitrogens with one attached hydrogen (secondary N) is 2. The first kappa shape index (κ1) is 22.8. The predicted molar refractivity (Wildman–Crippen MR) is 125 cm³/mol. The molecule has 4 rings (SSSR count). The average Bonchev–Trinajstić information content (AvgIpc) is 2.80. The molecule has 1 amide bonds. The van der Waals surface area contributed by atoms with E-state index >= 15 is 0 Å². The molecule has 0 unspecified atom stereocenters. The lowest BCUT2D eigenvalue weighted by Gasteiger charge is -2.17. The van der Waals surface area contributed by atoms with Crippen LogP contribution in [0.2, 0.25) is 0 Å². The lowest BCUT2D eigenvalue weighted by atomic mass is 10.0. The number of aromatic nitrogens is 2.